The summed E-state index contributed by atoms with van der Waals surface area (Å²) >= 11 is 1.50. The van der Waals surface area contributed by atoms with E-state index in [1.807, 2.05) is 6.26 Å². The second-order valence-electron chi connectivity index (χ2n) is 8.98. The van der Waals surface area contributed by atoms with Crippen LogP contribution in [0.5, 0.6) is 0 Å². The van der Waals surface area contributed by atoms with Gasteiger partial charge in [0.1, 0.15) is 11.6 Å². The predicted molar refractivity (Wildman–Crippen MR) is 149 cm³/mol. The van der Waals surface area contributed by atoms with Crippen molar-refractivity contribution in [1.29, 1.82) is 0 Å². The van der Waals surface area contributed by atoms with Gasteiger partial charge in [0.25, 0.3) is 5.91 Å². The molecule has 0 spiro atoms. The van der Waals surface area contributed by atoms with Crippen LogP contribution in [0.15, 0.2) is 77.8 Å². The molecule has 10 heteroatoms. The number of amides is 1. The van der Waals surface area contributed by atoms with Gasteiger partial charge in [-0.25, -0.2) is 18.7 Å². The monoisotopic (exact) mass is 547 g/mol. The summed E-state index contributed by atoms with van der Waals surface area (Å²) < 4.78 is 33.2. The highest BCUT2D eigenvalue weighted by molar-refractivity contribution is 7.98. The number of benzene rings is 3. The van der Waals surface area contributed by atoms with Gasteiger partial charge in [0, 0.05) is 42.6 Å². The molecule has 2 N–H and O–H groups in total. The number of nitrogens with zero attached hydrogens (tertiary/aromatic N) is 3. The van der Waals surface area contributed by atoms with Crippen molar-refractivity contribution in [2.24, 2.45) is 0 Å². The molecule has 0 aliphatic carbocycles. The molecule has 0 unspecified atom stereocenters. The molecule has 1 fully saturated rings. The van der Waals surface area contributed by atoms with Gasteiger partial charge >= 0.3 is 0 Å². The topological polar surface area (TPSA) is 79.4 Å². The molecule has 1 saturated heterocycles. The zero-order valence-corrected chi connectivity index (χ0v) is 22.1. The average Bonchev–Trinajstić information content (AvgIpc) is 2.96. The molecule has 0 radical (unpaired) electrons. The lowest BCUT2D eigenvalue weighted by molar-refractivity contribution is 0.0342. The lowest BCUT2D eigenvalue weighted by Crippen LogP contribution is -2.35. The fourth-order valence-corrected chi connectivity index (χ4v) is 4.72. The number of halogens is 2. The second kappa shape index (κ2) is 12.3. The van der Waals surface area contributed by atoms with Crippen LogP contribution in [0.2, 0.25) is 0 Å². The van der Waals surface area contributed by atoms with Crippen molar-refractivity contribution in [3.05, 3.63) is 95.7 Å². The molecule has 5 rings (SSSR count). The summed E-state index contributed by atoms with van der Waals surface area (Å²) in [7, 11) is 0. The third-order valence-corrected chi connectivity index (χ3v) is 7.02. The van der Waals surface area contributed by atoms with Crippen molar-refractivity contribution in [3.63, 3.8) is 0 Å². The Kier molecular flexibility index (Phi) is 8.45. The molecule has 0 saturated carbocycles. The molecule has 7 nitrogen and oxygen atoms in total. The number of carbonyl (C=O) groups excluding carboxylic acids is 1. The highest BCUT2D eigenvalue weighted by Crippen LogP contribution is 2.29. The molecule has 1 amide bonds. The Morgan fingerprint density at radius 1 is 1.03 bits per heavy atom. The second-order valence-corrected chi connectivity index (χ2v) is 9.82. The minimum absolute atomic E-state index is 0.142. The Morgan fingerprint density at radius 3 is 2.49 bits per heavy atom. The van der Waals surface area contributed by atoms with Gasteiger partial charge in [-0.05, 0) is 72.5 Å². The number of ether oxygens (including phenoxy) is 1. The van der Waals surface area contributed by atoms with Crippen molar-refractivity contribution in [2.75, 3.05) is 43.2 Å². The third-order valence-electron chi connectivity index (χ3n) is 6.28. The maximum absolute atomic E-state index is 14.5. The number of carbonyl (C=O) groups is 1. The van der Waals surface area contributed by atoms with E-state index in [0.717, 1.165) is 29.1 Å². The molecular weight excluding hydrogens is 520 g/mol. The van der Waals surface area contributed by atoms with E-state index in [0.29, 0.717) is 42.7 Å². The number of morpholine rings is 1. The van der Waals surface area contributed by atoms with Gasteiger partial charge in [-0.15, -0.1) is 11.8 Å². The molecule has 2 heterocycles. The number of nitrogens with one attached hydrogen (secondary N) is 2. The highest BCUT2D eigenvalue weighted by Gasteiger charge is 2.15. The van der Waals surface area contributed by atoms with E-state index in [1.54, 1.807) is 54.7 Å². The van der Waals surface area contributed by atoms with Crippen molar-refractivity contribution < 1.29 is 18.3 Å². The van der Waals surface area contributed by atoms with Crippen LogP contribution >= 0.6 is 11.8 Å². The van der Waals surface area contributed by atoms with Crippen molar-refractivity contribution >= 4 is 35.0 Å². The summed E-state index contributed by atoms with van der Waals surface area (Å²) in [4.78, 5) is 24.9. The van der Waals surface area contributed by atoms with Crippen LogP contribution in [0.4, 0.5) is 26.1 Å². The largest absolute Gasteiger partial charge is 0.379 e. The van der Waals surface area contributed by atoms with Crippen LogP contribution in [-0.4, -0.2) is 53.3 Å². The number of hydrogen-bond acceptors (Lipinski definition) is 7. The number of aromatic nitrogens is 2. The normalized spacial score (nSPS) is 13.7. The molecule has 3 aromatic carbocycles. The summed E-state index contributed by atoms with van der Waals surface area (Å²) in [6.45, 7) is 3.66. The average molecular weight is 548 g/mol. The predicted octanol–water partition coefficient (Wildman–Crippen LogP) is 5.97. The van der Waals surface area contributed by atoms with Gasteiger partial charge < -0.3 is 15.4 Å². The molecule has 1 aromatic heterocycles. The maximum atomic E-state index is 14.5. The Labute approximate surface area is 229 Å². The minimum Gasteiger partial charge on any atom is -0.379 e. The van der Waals surface area contributed by atoms with Crippen LogP contribution in [0, 0.1) is 11.6 Å². The Bertz CT molecular complexity index is 1450. The molecule has 1 aliphatic rings. The van der Waals surface area contributed by atoms with Crippen LogP contribution in [0.1, 0.15) is 15.9 Å². The number of hydrogen-bond donors (Lipinski definition) is 2. The van der Waals surface area contributed by atoms with Crippen LogP contribution in [-0.2, 0) is 11.3 Å². The Morgan fingerprint density at radius 2 is 1.77 bits per heavy atom. The third kappa shape index (κ3) is 6.78. The van der Waals surface area contributed by atoms with E-state index < -0.39 is 11.7 Å². The summed E-state index contributed by atoms with van der Waals surface area (Å²) in [5.41, 5.74) is 3.58. The summed E-state index contributed by atoms with van der Waals surface area (Å²) in [5.74, 6) is -0.855. The molecule has 0 bridgehead atoms. The van der Waals surface area contributed by atoms with Gasteiger partial charge in [0.15, 0.2) is 0 Å². The van der Waals surface area contributed by atoms with Gasteiger partial charge in [0.2, 0.25) is 5.95 Å². The number of thioether (sulfide) groups is 1. The van der Waals surface area contributed by atoms with Crippen molar-refractivity contribution in [1.82, 2.24) is 14.9 Å². The fourth-order valence-electron chi connectivity index (χ4n) is 4.21. The van der Waals surface area contributed by atoms with E-state index in [-0.39, 0.29) is 11.5 Å². The van der Waals surface area contributed by atoms with Gasteiger partial charge in [-0.1, -0.05) is 6.07 Å². The first-order valence-electron chi connectivity index (χ1n) is 12.4. The fraction of sp³-hybridized carbons (Fsp3) is 0.207. The first-order valence-corrected chi connectivity index (χ1v) is 13.6. The zero-order chi connectivity index (χ0) is 27.2. The zero-order valence-electron chi connectivity index (χ0n) is 21.3. The van der Waals surface area contributed by atoms with E-state index in [9.17, 15) is 13.6 Å². The summed E-state index contributed by atoms with van der Waals surface area (Å²) in [5, 5.41) is 5.82. The lowest BCUT2D eigenvalue weighted by Gasteiger charge is -2.26. The quantitative estimate of drug-likeness (QED) is 0.263. The van der Waals surface area contributed by atoms with E-state index in [1.165, 1.54) is 30.0 Å². The summed E-state index contributed by atoms with van der Waals surface area (Å²) in [6, 6.07) is 17.7. The first kappa shape index (κ1) is 26.7. The highest BCUT2D eigenvalue weighted by atomic mass is 32.2. The molecule has 1 aliphatic heterocycles. The standard InChI is InChI=1S/C29H27F2N5O2S/c1-39-26-17-32-29(35-27(26)20-3-7-22(30)8-4-20)33-23-9-5-21(6-10-23)28(37)34-25-16-19(2-11-24(25)31)18-36-12-14-38-15-13-36/h2-11,16-17H,12-15,18H2,1H3,(H,34,37)(H,32,33,35). The SMILES string of the molecule is CSc1cnc(Nc2ccc(C(=O)Nc3cc(CN4CCOCC4)ccc3F)cc2)nc1-c1ccc(F)cc1. The number of anilines is 3. The van der Waals surface area contributed by atoms with E-state index >= 15 is 0 Å². The van der Waals surface area contributed by atoms with Gasteiger partial charge in [-0.3, -0.25) is 9.69 Å². The molecule has 4 aromatic rings. The van der Waals surface area contributed by atoms with Crippen LogP contribution < -0.4 is 10.6 Å². The van der Waals surface area contributed by atoms with Crippen LogP contribution in [0.3, 0.4) is 0 Å². The first-order chi connectivity index (χ1) is 19.0. The van der Waals surface area contributed by atoms with Crippen molar-refractivity contribution in [2.45, 2.75) is 11.4 Å². The summed E-state index contributed by atoms with van der Waals surface area (Å²) in [6.07, 6.45) is 3.64. The van der Waals surface area contributed by atoms with E-state index in [4.69, 9.17) is 4.74 Å². The smallest absolute Gasteiger partial charge is 0.255 e. The molecular formula is C29H27F2N5O2S. The maximum Gasteiger partial charge on any atom is 0.255 e. The lowest BCUT2D eigenvalue weighted by atomic mass is 10.1. The number of rotatable bonds is 8. The minimum atomic E-state index is -0.491. The van der Waals surface area contributed by atoms with Gasteiger partial charge in [0.05, 0.1) is 29.5 Å². The molecule has 200 valence electrons. The Hall–Kier alpha value is -3.86. The Balaban J connectivity index is 1.26. The van der Waals surface area contributed by atoms with Crippen LogP contribution in [0.25, 0.3) is 11.3 Å². The van der Waals surface area contributed by atoms with Gasteiger partial charge in [-0.2, -0.15) is 0 Å². The van der Waals surface area contributed by atoms with E-state index in [2.05, 4.69) is 25.5 Å². The molecule has 0 atom stereocenters. The molecule has 39 heavy (non-hydrogen) atoms. The van der Waals surface area contributed by atoms with Crippen molar-refractivity contribution in [3.8, 4) is 11.3 Å².